The van der Waals surface area contributed by atoms with Crippen LogP contribution >= 0.6 is 0 Å². The number of nitrogens with zero attached hydrogens (tertiary/aromatic N) is 1. The topological polar surface area (TPSA) is 153 Å². The van der Waals surface area contributed by atoms with Crippen molar-refractivity contribution in [3.8, 4) is 0 Å². The van der Waals surface area contributed by atoms with Crippen molar-refractivity contribution in [2.45, 2.75) is 55.3 Å². The van der Waals surface area contributed by atoms with Gasteiger partial charge in [0.05, 0.1) is 11.7 Å². The van der Waals surface area contributed by atoms with Crippen molar-refractivity contribution in [3.05, 3.63) is 0 Å². The van der Waals surface area contributed by atoms with Gasteiger partial charge in [-0.05, 0) is 31.6 Å². The van der Waals surface area contributed by atoms with Gasteiger partial charge in [-0.2, -0.15) is 35.1 Å². The van der Waals surface area contributed by atoms with E-state index in [-0.39, 0.29) is 25.7 Å². The summed E-state index contributed by atoms with van der Waals surface area (Å²) < 4.78 is 165. The number of fused-ring (bicyclic) bond motifs is 2. The molecule has 0 aromatic heterocycles. The van der Waals surface area contributed by atoms with Gasteiger partial charge < -0.3 is 14.4 Å². The number of hydrogen-bond donors (Lipinski definition) is 0. The van der Waals surface area contributed by atoms with Crippen LogP contribution in [0.1, 0.15) is 25.7 Å². The number of sulfonamides is 1. The largest absolute Gasteiger partial charge is 0.857 e. The van der Waals surface area contributed by atoms with E-state index in [1.165, 1.54) is 0 Å². The number of carbonyl (C=O) groups is 1. The fourth-order valence-corrected chi connectivity index (χ4v) is 5.81. The second-order valence-corrected chi connectivity index (χ2v) is 10.7. The maximum absolute atomic E-state index is 13.4. The van der Waals surface area contributed by atoms with Crippen LogP contribution in [0.3, 0.4) is 0 Å². The molecule has 0 amide bonds. The van der Waals surface area contributed by atoms with E-state index in [2.05, 4.69) is 4.74 Å². The van der Waals surface area contributed by atoms with Gasteiger partial charge in [0, 0.05) is 5.41 Å². The third-order valence-corrected chi connectivity index (χ3v) is 7.47. The van der Waals surface area contributed by atoms with Crippen LogP contribution in [0.5, 0.6) is 0 Å². The SMILES string of the molecule is O=C(OC1CC2CCC1(CS(=O)(=O)/N=C(\[O-])C(F)(F)C(F)(F)C(F)(F)F)C2)C(F)S(=O)(=O)[O-]. The molecular formula is C14H13F8NO8S2-2. The molecule has 0 radical (unpaired) electrons. The van der Waals surface area contributed by atoms with Crippen molar-refractivity contribution in [1.82, 2.24) is 0 Å². The van der Waals surface area contributed by atoms with Crippen molar-refractivity contribution < 1.29 is 71.1 Å². The predicted molar refractivity (Wildman–Crippen MR) is 86.0 cm³/mol. The Balaban J connectivity index is 2.30. The lowest BCUT2D eigenvalue weighted by Gasteiger charge is -2.34. The lowest BCUT2D eigenvalue weighted by molar-refractivity contribution is -0.357. The summed E-state index contributed by atoms with van der Waals surface area (Å²) in [6.07, 6.45) is -8.82. The zero-order valence-corrected chi connectivity index (χ0v) is 17.5. The van der Waals surface area contributed by atoms with Crippen molar-refractivity contribution in [2.75, 3.05) is 5.75 Å². The molecule has 2 rings (SSSR count). The summed E-state index contributed by atoms with van der Waals surface area (Å²) in [6.45, 7) is 0. The summed E-state index contributed by atoms with van der Waals surface area (Å²) in [6, 6.07) is 0. The van der Waals surface area contributed by atoms with E-state index in [1.807, 2.05) is 4.40 Å². The molecule has 0 aromatic rings. The highest BCUT2D eigenvalue weighted by molar-refractivity contribution is 7.90. The fraction of sp³-hybridized carbons (Fsp3) is 0.857. The molecule has 0 N–H and O–H groups in total. The Morgan fingerprint density at radius 1 is 1.12 bits per heavy atom. The standard InChI is InChI=1S/C14H15F8NO8S2/c15-8(33(28,29)30)9(24)31-7-3-6-1-2-11(7,4-6)5-32(26,27)23-10(25)12(16,17)13(18,19)14(20,21)22/h6-8H,1-5H2,(H,23,25)(H,28,29,30)/p-2. The normalized spacial score (nSPS) is 28.1. The van der Waals surface area contributed by atoms with Crippen LogP contribution in [-0.4, -0.2) is 68.6 Å². The van der Waals surface area contributed by atoms with Crippen molar-refractivity contribution >= 4 is 32.0 Å². The first-order valence-electron chi connectivity index (χ1n) is 8.67. The number of halogens is 8. The Hall–Kier alpha value is -1.76. The number of alkyl halides is 8. The van der Waals surface area contributed by atoms with Gasteiger partial charge in [-0.1, -0.05) is 0 Å². The Labute approximate surface area is 180 Å². The maximum Gasteiger partial charge on any atom is 0.460 e. The summed E-state index contributed by atoms with van der Waals surface area (Å²) in [5.41, 5.74) is -5.43. The highest BCUT2D eigenvalue weighted by Gasteiger charge is 2.73. The molecule has 4 atom stereocenters. The van der Waals surface area contributed by atoms with Gasteiger partial charge >= 0.3 is 24.0 Å². The van der Waals surface area contributed by atoms with Gasteiger partial charge in [-0.3, -0.25) is 0 Å². The van der Waals surface area contributed by atoms with Crippen molar-refractivity contribution in [1.29, 1.82) is 0 Å². The van der Waals surface area contributed by atoms with Gasteiger partial charge in [0.1, 0.15) is 16.2 Å². The fourth-order valence-electron chi connectivity index (χ4n) is 3.92. The lowest BCUT2D eigenvalue weighted by Crippen LogP contribution is -2.59. The van der Waals surface area contributed by atoms with E-state index >= 15 is 0 Å². The minimum Gasteiger partial charge on any atom is -0.857 e. The number of rotatable bonds is 8. The van der Waals surface area contributed by atoms with Crippen molar-refractivity contribution in [3.63, 3.8) is 0 Å². The van der Waals surface area contributed by atoms with Gasteiger partial charge in [0.15, 0.2) is 0 Å². The Kier molecular flexibility index (Phi) is 6.81. The van der Waals surface area contributed by atoms with E-state index < -0.39 is 78.7 Å². The quantitative estimate of drug-likeness (QED) is 0.145. The molecule has 2 aliphatic carbocycles. The molecule has 19 heteroatoms. The molecule has 0 spiro atoms. The first-order chi connectivity index (χ1) is 14.6. The van der Waals surface area contributed by atoms with Crippen LogP contribution < -0.4 is 5.11 Å². The molecule has 2 fully saturated rings. The molecule has 0 saturated heterocycles. The molecule has 9 nitrogen and oxygen atoms in total. The van der Waals surface area contributed by atoms with Gasteiger partial charge in [0.25, 0.3) is 15.5 Å². The summed E-state index contributed by atoms with van der Waals surface area (Å²) >= 11 is 0. The summed E-state index contributed by atoms with van der Waals surface area (Å²) in [5, 5.41) is 11.3. The Morgan fingerprint density at radius 3 is 2.12 bits per heavy atom. The monoisotopic (exact) mass is 539 g/mol. The van der Waals surface area contributed by atoms with Gasteiger partial charge in [0.2, 0.25) is 0 Å². The Bertz CT molecular complexity index is 1040. The van der Waals surface area contributed by atoms with Gasteiger partial charge in [-0.15, -0.1) is 0 Å². The second kappa shape index (κ2) is 8.17. The smallest absolute Gasteiger partial charge is 0.460 e. The van der Waals surface area contributed by atoms with E-state index in [1.54, 1.807) is 0 Å². The molecule has 4 unspecified atom stereocenters. The van der Waals surface area contributed by atoms with Crippen LogP contribution in [0.25, 0.3) is 0 Å². The molecule has 0 aromatic carbocycles. The zero-order valence-electron chi connectivity index (χ0n) is 15.8. The second-order valence-electron chi connectivity index (χ2n) is 7.71. The molecule has 0 heterocycles. The van der Waals surface area contributed by atoms with E-state index in [0.29, 0.717) is 0 Å². The van der Waals surface area contributed by atoms with Gasteiger partial charge in [-0.25, -0.2) is 26.0 Å². The minimum atomic E-state index is -6.95. The molecular weight excluding hydrogens is 526 g/mol. The summed E-state index contributed by atoms with van der Waals surface area (Å²) in [4.78, 5) is 11.6. The Morgan fingerprint density at radius 2 is 1.67 bits per heavy atom. The van der Waals surface area contributed by atoms with Crippen molar-refractivity contribution in [2.24, 2.45) is 15.7 Å². The number of carbonyl (C=O) groups excluding carboxylic acids is 1. The number of hydrogen-bond acceptors (Lipinski definition) is 8. The third-order valence-electron chi connectivity index (χ3n) is 5.38. The maximum atomic E-state index is 13.4. The first kappa shape index (κ1) is 27.5. The average molecular weight is 539 g/mol. The van der Waals surface area contributed by atoms with Crippen LogP contribution in [-0.2, 0) is 29.7 Å². The van der Waals surface area contributed by atoms with E-state index in [0.717, 1.165) is 0 Å². The molecule has 192 valence electrons. The van der Waals surface area contributed by atoms with Crippen LogP contribution in [0, 0.1) is 11.3 Å². The van der Waals surface area contributed by atoms with E-state index in [4.69, 9.17) is 0 Å². The molecule has 2 saturated carbocycles. The van der Waals surface area contributed by atoms with Crippen LogP contribution in [0.15, 0.2) is 4.40 Å². The van der Waals surface area contributed by atoms with Crippen LogP contribution in [0.4, 0.5) is 35.1 Å². The summed E-state index contributed by atoms with van der Waals surface area (Å²) in [7, 11) is -11.3. The minimum absolute atomic E-state index is 0.163. The third kappa shape index (κ3) is 5.18. The molecule has 2 bridgehead atoms. The highest BCUT2D eigenvalue weighted by atomic mass is 32.2. The number of ether oxygens (including phenoxy) is 1. The lowest BCUT2D eigenvalue weighted by atomic mass is 9.83. The zero-order chi connectivity index (χ0) is 25.8. The molecule has 0 aliphatic heterocycles. The number of esters is 1. The first-order valence-corrected chi connectivity index (χ1v) is 11.8. The molecule has 33 heavy (non-hydrogen) atoms. The highest BCUT2D eigenvalue weighted by Crippen LogP contribution is 2.56. The van der Waals surface area contributed by atoms with E-state index in [9.17, 15) is 66.4 Å². The van der Waals surface area contributed by atoms with Crippen LogP contribution in [0.2, 0.25) is 0 Å². The molecule has 2 aliphatic rings. The average Bonchev–Trinajstić information content (AvgIpc) is 3.14. The predicted octanol–water partition coefficient (Wildman–Crippen LogP) is 0.851. The summed E-state index contributed by atoms with van der Waals surface area (Å²) in [5.74, 6) is -21.2.